The largest absolute Gasteiger partial charge is 0.508 e. The Kier molecular flexibility index (Phi) is 8.08. The second-order valence-corrected chi connectivity index (χ2v) is 11.2. The molecule has 0 spiro atoms. The van der Waals surface area contributed by atoms with E-state index < -0.39 is 12.2 Å². The molecule has 2 aliphatic heterocycles. The number of hydrazine groups is 1. The normalized spacial score (nSPS) is 19.6. The molecule has 0 radical (unpaired) electrons. The molecule has 1 aromatic heterocycles. The molecule has 2 saturated heterocycles. The molecule has 3 atom stereocenters. The number of carbonyl (C=O) groups is 3. The summed E-state index contributed by atoms with van der Waals surface area (Å²) in [7, 11) is 0. The Balaban J connectivity index is 1.38. The van der Waals surface area contributed by atoms with Gasteiger partial charge in [-0.1, -0.05) is 66.7 Å². The lowest BCUT2D eigenvalue weighted by Crippen LogP contribution is -2.76. The van der Waals surface area contributed by atoms with E-state index >= 15 is 0 Å². The van der Waals surface area contributed by atoms with Gasteiger partial charge in [0.15, 0.2) is 0 Å². The molecule has 10 heteroatoms. The number of hydrogen-bond acceptors (Lipinski definition) is 5. The minimum absolute atomic E-state index is 0.0708. The minimum atomic E-state index is -0.853. The highest BCUT2D eigenvalue weighted by Crippen LogP contribution is 2.35. The van der Waals surface area contributed by atoms with Crippen LogP contribution in [0.4, 0.5) is 4.79 Å². The van der Waals surface area contributed by atoms with E-state index in [-0.39, 0.29) is 55.7 Å². The number of nitrogens with zero attached hydrogens (tertiary/aromatic N) is 4. The van der Waals surface area contributed by atoms with Crippen molar-refractivity contribution in [3.63, 3.8) is 0 Å². The maximum Gasteiger partial charge on any atom is 0.334 e. The number of para-hydroxylation sites is 1. The van der Waals surface area contributed by atoms with Crippen LogP contribution in [0.15, 0.2) is 97.7 Å². The van der Waals surface area contributed by atoms with Gasteiger partial charge in [0.25, 0.3) is 0 Å². The third-order valence-corrected chi connectivity index (χ3v) is 8.52. The van der Waals surface area contributed by atoms with Gasteiger partial charge in [0, 0.05) is 36.6 Å². The van der Waals surface area contributed by atoms with Crippen LogP contribution in [0.3, 0.4) is 0 Å². The van der Waals surface area contributed by atoms with E-state index in [1.165, 1.54) is 0 Å². The lowest BCUT2D eigenvalue weighted by atomic mass is 9.96. The molecular weight excluding hydrogens is 556 g/mol. The lowest BCUT2D eigenvalue weighted by Gasteiger charge is -2.56. The van der Waals surface area contributed by atoms with Crippen molar-refractivity contribution >= 4 is 28.7 Å². The molecule has 3 N–H and O–H groups in total. The summed E-state index contributed by atoms with van der Waals surface area (Å²) in [6.45, 7) is 6.48. The zero-order valence-electron chi connectivity index (χ0n) is 24.6. The summed E-state index contributed by atoms with van der Waals surface area (Å²) in [4.78, 5) is 48.8. The molecule has 3 heterocycles. The molecule has 226 valence electrons. The number of urea groups is 1. The zero-order valence-corrected chi connectivity index (χ0v) is 24.6. The third kappa shape index (κ3) is 5.51. The fraction of sp³-hybridized carbons (Fsp3) is 0.265. The number of piperazine rings is 1. The van der Waals surface area contributed by atoms with E-state index in [0.717, 1.165) is 27.6 Å². The SMILES string of the molecule is C=CCN1CC(=O)N2C(Cc3ccc(O)cc3)C(=O)N(C(C)c3c[nH]c4ccccc34)CC2N1C(=O)NCc1ccccc1. The van der Waals surface area contributed by atoms with Crippen LogP contribution >= 0.6 is 0 Å². The summed E-state index contributed by atoms with van der Waals surface area (Å²) < 4.78 is 0. The van der Waals surface area contributed by atoms with Crippen molar-refractivity contribution in [1.29, 1.82) is 0 Å². The Morgan fingerprint density at radius 3 is 2.52 bits per heavy atom. The van der Waals surface area contributed by atoms with E-state index in [9.17, 15) is 19.5 Å². The Bertz CT molecular complexity index is 1670. The van der Waals surface area contributed by atoms with E-state index in [4.69, 9.17) is 0 Å². The Labute approximate surface area is 256 Å². The standard InChI is InChI=1S/C34H36N6O4/c1-3-17-37-22-32(42)39-30(18-24-13-15-26(41)16-14-24)33(43)38(23(2)28-20-35-29-12-8-7-11-27(28)29)21-31(39)40(37)34(44)36-19-25-9-5-4-6-10-25/h3-16,20,23,30-31,35,41H,1,17-19,21-22H2,2H3,(H,36,44). The van der Waals surface area contributed by atoms with Crippen LogP contribution in [0, 0.1) is 0 Å². The number of rotatable bonds is 8. The van der Waals surface area contributed by atoms with Crippen LogP contribution in [-0.2, 0) is 22.6 Å². The predicted molar refractivity (Wildman–Crippen MR) is 167 cm³/mol. The van der Waals surface area contributed by atoms with Gasteiger partial charge < -0.3 is 25.2 Å². The van der Waals surface area contributed by atoms with Crippen molar-refractivity contribution in [2.75, 3.05) is 19.6 Å². The van der Waals surface area contributed by atoms with Gasteiger partial charge in [-0.15, -0.1) is 6.58 Å². The maximum absolute atomic E-state index is 14.4. The first kappa shape index (κ1) is 29.0. The molecule has 0 aliphatic carbocycles. The van der Waals surface area contributed by atoms with Gasteiger partial charge in [0.2, 0.25) is 11.8 Å². The van der Waals surface area contributed by atoms with Crippen LogP contribution in [0.5, 0.6) is 5.75 Å². The van der Waals surface area contributed by atoms with E-state index in [1.54, 1.807) is 50.2 Å². The molecule has 4 amide bonds. The highest BCUT2D eigenvalue weighted by Gasteiger charge is 2.52. The zero-order chi connectivity index (χ0) is 30.8. The summed E-state index contributed by atoms with van der Waals surface area (Å²) in [5.74, 6) is -0.311. The summed E-state index contributed by atoms with van der Waals surface area (Å²) in [6, 6.07) is 22.6. The first-order valence-corrected chi connectivity index (χ1v) is 14.8. The molecule has 44 heavy (non-hydrogen) atoms. The van der Waals surface area contributed by atoms with Crippen LogP contribution in [0.25, 0.3) is 10.9 Å². The number of fused-ring (bicyclic) bond motifs is 2. The topological polar surface area (TPSA) is 112 Å². The summed E-state index contributed by atoms with van der Waals surface area (Å²) >= 11 is 0. The number of H-pyrrole nitrogens is 1. The smallest absolute Gasteiger partial charge is 0.334 e. The number of carbonyl (C=O) groups excluding carboxylic acids is 3. The van der Waals surface area contributed by atoms with E-state index in [2.05, 4.69) is 16.9 Å². The number of phenols is 1. The first-order chi connectivity index (χ1) is 21.4. The van der Waals surface area contributed by atoms with Crippen molar-refractivity contribution in [1.82, 2.24) is 30.1 Å². The van der Waals surface area contributed by atoms with Gasteiger partial charge in [-0.05, 0) is 41.8 Å². The second-order valence-electron chi connectivity index (χ2n) is 11.2. The number of aromatic amines is 1. The minimum Gasteiger partial charge on any atom is -0.508 e. The average molecular weight is 593 g/mol. The van der Waals surface area contributed by atoms with Gasteiger partial charge in [0.05, 0.1) is 19.1 Å². The molecule has 3 unspecified atom stereocenters. The quantitative estimate of drug-likeness (QED) is 0.266. The Hall–Kier alpha value is -5.09. The molecule has 4 aromatic rings. The highest BCUT2D eigenvalue weighted by molar-refractivity contribution is 5.92. The molecule has 3 aromatic carbocycles. The summed E-state index contributed by atoms with van der Waals surface area (Å²) in [5.41, 5.74) is 3.66. The Morgan fingerprint density at radius 2 is 1.77 bits per heavy atom. The van der Waals surface area contributed by atoms with Gasteiger partial charge in [-0.3, -0.25) is 9.59 Å². The molecule has 0 bridgehead atoms. The van der Waals surface area contributed by atoms with Gasteiger partial charge >= 0.3 is 6.03 Å². The maximum atomic E-state index is 14.4. The third-order valence-electron chi connectivity index (χ3n) is 8.52. The molecule has 6 rings (SSSR count). The van der Waals surface area contributed by atoms with Crippen LogP contribution < -0.4 is 5.32 Å². The molecule has 2 aliphatic rings. The molecule has 10 nitrogen and oxygen atoms in total. The molecular formula is C34H36N6O4. The van der Waals surface area contributed by atoms with Crippen molar-refractivity contribution in [3.05, 3.63) is 114 Å². The van der Waals surface area contributed by atoms with Gasteiger partial charge in [-0.2, -0.15) is 0 Å². The van der Waals surface area contributed by atoms with Crippen molar-refractivity contribution in [2.45, 2.75) is 38.1 Å². The molecule has 0 saturated carbocycles. The van der Waals surface area contributed by atoms with Gasteiger partial charge in [-0.25, -0.2) is 14.8 Å². The first-order valence-electron chi connectivity index (χ1n) is 14.8. The monoisotopic (exact) mass is 592 g/mol. The van der Waals surface area contributed by atoms with Crippen molar-refractivity contribution < 1.29 is 19.5 Å². The number of benzene rings is 3. The summed E-state index contributed by atoms with van der Waals surface area (Å²) in [5, 5.41) is 17.2. The fourth-order valence-corrected chi connectivity index (χ4v) is 6.33. The highest BCUT2D eigenvalue weighted by atomic mass is 16.3. The number of nitrogens with one attached hydrogen (secondary N) is 2. The fourth-order valence-electron chi connectivity index (χ4n) is 6.33. The number of aromatic hydroxyl groups is 1. The van der Waals surface area contributed by atoms with Crippen molar-refractivity contribution in [2.24, 2.45) is 0 Å². The Morgan fingerprint density at radius 1 is 1.05 bits per heavy atom. The van der Waals surface area contributed by atoms with E-state index in [1.807, 2.05) is 67.7 Å². The van der Waals surface area contributed by atoms with Crippen LogP contribution in [-0.4, -0.2) is 79.6 Å². The number of aromatic nitrogens is 1. The van der Waals surface area contributed by atoms with Crippen molar-refractivity contribution in [3.8, 4) is 5.75 Å². The van der Waals surface area contributed by atoms with Crippen LogP contribution in [0.1, 0.15) is 29.7 Å². The number of phenolic OH excluding ortho intramolecular Hbond substituents is 1. The lowest BCUT2D eigenvalue weighted by molar-refractivity contribution is -0.191. The van der Waals surface area contributed by atoms with E-state index in [0.29, 0.717) is 6.54 Å². The molecule has 2 fully saturated rings. The number of amides is 4. The second kappa shape index (κ2) is 12.3. The average Bonchev–Trinajstić information content (AvgIpc) is 3.47. The number of hydrogen-bond donors (Lipinski definition) is 3. The predicted octanol–water partition coefficient (Wildman–Crippen LogP) is 4.17. The van der Waals surface area contributed by atoms with Crippen LogP contribution in [0.2, 0.25) is 0 Å². The summed E-state index contributed by atoms with van der Waals surface area (Å²) in [6.07, 6.45) is 3.07. The van der Waals surface area contributed by atoms with Gasteiger partial charge in [0.1, 0.15) is 18.0 Å².